The van der Waals surface area contributed by atoms with Crippen molar-refractivity contribution in [3.05, 3.63) is 58.6 Å². The number of anilines is 1. The second-order valence-electron chi connectivity index (χ2n) is 4.75. The van der Waals surface area contributed by atoms with Crippen molar-refractivity contribution in [3.8, 4) is 0 Å². The average Bonchev–Trinajstić information content (AvgIpc) is 2.54. The Labute approximate surface area is 140 Å². The van der Waals surface area contributed by atoms with Crippen LogP contribution in [0.25, 0.3) is 0 Å². The van der Waals surface area contributed by atoms with Crippen LogP contribution in [0, 0.1) is 0 Å². The molecule has 0 radical (unpaired) electrons. The fraction of sp³-hybridized carbons (Fsp3) is 0.188. The number of aryl methyl sites for hydroxylation is 1. The van der Waals surface area contributed by atoms with Crippen molar-refractivity contribution in [3.63, 3.8) is 0 Å². The van der Waals surface area contributed by atoms with Gasteiger partial charge < -0.3 is 4.74 Å². The zero-order valence-corrected chi connectivity index (χ0v) is 14.2. The zero-order chi connectivity index (χ0) is 17.0. The van der Waals surface area contributed by atoms with E-state index in [0.29, 0.717) is 12.1 Å². The van der Waals surface area contributed by atoms with Gasteiger partial charge in [0.2, 0.25) is 0 Å². The summed E-state index contributed by atoms with van der Waals surface area (Å²) in [6.07, 6.45) is 0.675. The quantitative estimate of drug-likeness (QED) is 0.835. The predicted molar refractivity (Wildman–Crippen MR) is 89.4 cm³/mol. The van der Waals surface area contributed by atoms with E-state index in [2.05, 4.69) is 9.46 Å². The van der Waals surface area contributed by atoms with Crippen molar-refractivity contribution in [2.75, 3.05) is 11.8 Å². The van der Waals surface area contributed by atoms with Gasteiger partial charge in [0.05, 0.1) is 23.4 Å². The summed E-state index contributed by atoms with van der Waals surface area (Å²) in [5.74, 6) is -0.632. The summed E-state index contributed by atoms with van der Waals surface area (Å²) in [4.78, 5) is 11.4. The number of carbonyl (C=O) groups is 1. The minimum atomic E-state index is -3.93. The van der Waals surface area contributed by atoms with Gasteiger partial charge in [-0.15, -0.1) is 0 Å². The van der Waals surface area contributed by atoms with E-state index in [9.17, 15) is 13.2 Å². The molecule has 2 aromatic carbocycles. The van der Waals surface area contributed by atoms with Gasteiger partial charge in [-0.2, -0.15) is 0 Å². The van der Waals surface area contributed by atoms with Gasteiger partial charge in [-0.25, -0.2) is 13.2 Å². The van der Waals surface area contributed by atoms with Gasteiger partial charge in [-0.1, -0.05) is 36.7 Å². The van der Waals surface area contributed by atoms with Crippen LogP contribution >= 0.6 is 11.6 Å². The third kappa shape index (κ3) is 3.83. The maximum Gasteiger partial charge on any atom is 0.337 e. The number of para-hydroxylation sites is 1. The molecule has 0 amide bonds. The van der Waals surface area contributed by atoms with Gasteiger partial charge in [-0.3, -0.25) is 4.72 Å². The first kappa shape index (κ1) is 17.3. The molecule has 2 aromatic rings. The standard InChI is InChI=1S/C16H16ClNO4S/c1-3-11-6-4-5-7-14(11)18-23(20,21)15-10-12(16(19)22-2)8-9-13(15)17/h4-10,18H,3H2,1-2H3. The van der Waals surface area contributed by atoms with E-state index in [1.165, 1.54) is 25.3 Å². The lowest BCUT2D eigenvalue weighted by Crippen LogP contribution is -2.15. The molecule has 0 spiro atoms. The molecule has 0 saturated heterocycles. The van der Waals surface area contributed by atoms with Crippen LogP contribution in [-0.2, 0) is 21.2 Å². The molecule has 23 heavy (non-hydrogen) atoms. The van der Waals surface area contributed by atoms with E-state index in [4.69, 9.17) is 11.6 Å². The highest BCUT2D eigenvalue weighted by atomic mass is 35.5. The van der Waals surface area contributed by atoms with Crippen molar-refractivity contribution >= 4 is 33.3 Å². The van der Waals surface area contributed by atoms with E-state index in [1.807, 2.05) is 19.1 Å². The van der Waals surface area contributed by atoms with Crippen LogP contribution in [0.1, 0.15) is 22.8 Å². The third-order valence-electron chi connectivity index (χ3n) is 3.28. The molecular weight excluding hydrogens is 338 g/mol. The van der Waals surface area contributed by atoms with Crippen LogP contribution in [-0.4, -0.2) is 21.5 Å². The molecule has 122 valence electrons. The largest absolute Gasteiger partial charge is 0.465 e. The van der Waals surface area contributed by atoms with Gasteiger partial charge in [0, 0.05) is 0 Å². The molecule has 1 N–H and O–H groups in total. The number of sulfonamides is 1. The normalized spacial score (nSPS) is 11.1. The number of nitrogens with one attached hydrogen (secondary N) is 1. The number of esters is 1. The second kappa shape index (κ2) is 7.02. The Bertz CT molecular complexity index is 834. The molecule has 0 bridgehead atoms. The first-order valence-electron chi connectivity index (χ1n) is 6.87. The lowest BCUT2D eigenvalue weighted by Gasteiger charge is -2.13. The molecule has 0 aliphatic heterocycles. The Morgan fingerprint density at radius 1 is 1.22 bits per heavy atom. The minimum Gasteiger partial charge on any atom is -0.465 e. The molecule has 7 heteroatoms. The highest BCUT2D eigenvalue weighted by Crippen LogP contribution is 2.26. The summed E-state index contributed by atoms with van der Waals surface area (Å²) in [6, 6.07) is 11.1. The van der Waals surface area contributed by atoms with Gasteiger partial charge in [0.25, 0.3) is 10.0 Å². The van der Waals surface area contributed by atoms with Crippen molar-refractivity contribution in [1.82, 2.24) is 0 Å². The molecular formula is C16H16ClNO4S. The van der Waals surface area contributed by atoms with Crippen LogP contribution < -0.4 is 4.72 Å². The number of rotatable bonds is 5. The van der Waals surface area contributed by atoms with Gasteiger partial charge >= 0.3 is 5.97 Å². The minimum absolute atomic E-state index is 0.0270. The first-order valence-corrected chi connectivity index (χ1v) is 8.73. The maximum absolute atomic E-state index is 12.6. The van der Waals surface area contributed by atoms with E-state index in [1.54, 1.807) is 12.1 Å². The van der Waals surface area contributed by atoms with Gasteiger partial charge in [0.1, 0.15) is 4.90 Å². The molecule has 5 nitrogen and oxygen atoms in total. The molecule has 0 saturated carbocycles. The smallest absolute Gasteiger partial charge is 0.337 e. The number of ether oxygens (including phenoxy) is 1. The summed E-state index contributed by atoms with van der Waals surface area (Å²) in [6.45, 7) is 1.93. The molecule has 0 aromatic heterocycles. The van der Waals surface area contributed by atoms with E-state index < -0.39 is 16.0 Å². The Kier molecular flexibility index (Phi) is 5.28. The van der Waals surface area contributed by atoms with Crippen molar-refractivity contribution in [1.29, 1.82) is 0 Å². The highest BCUT2D eigenvalue weighted by molar-refractivity contribution is 7.92. The number of hydrogen-bond acceptors (Lipinski definition) is 4. The van der Waals surface area contributed by atoms with Crippen molar-refractivity contribution in [2.45, 2.75) is 18.2 Å². The number of benzene rings is 2. The Hall–Kier alpha value is -2.05. The van der Waals surface area contributed by atoms with E-state index in [0.717, 1.165) is 5.56 Å². The van der Waals surface area contributed by atoms with Crippen molar-refractivity contribution in [2.24, 2.45) is 0 Å². The molecule has 2 rings (SSSR count). The van der Waals surface area contributed by atoms with Crippen LogP contribution in [0.3, 0.4) is 0 Å². The summed E-state index contributed by atoms with van der Waals surface area (Å²) < 4.78 is 32.3. The second-order valence-corrected chi connectivity index (χ2v) is 6.81. The predicted octanol–water partition coefficient (Wildman–Crippen LogP) is 3.49. The summed E-state index contributed by atoms with van der Waals surface area (Å²) in [5.41, 5.74) is 1.45. The maximum atomic E-state index is 12.6. The lowest BCUT2D eigenvalue weighted by atomic mass is 10.1. The fourth-order valence-corrected chi connectivity index (χ4v) is 3.71. The SMILES string of the molecule is CCc1ccccc1NS(=O)(=O)c1cc(C(=O)OC)ccc1Cl. The first-order chi connectivity index (χ1) is 10.9. The Morgan fingerprint density at radius 2 is 1.91 bits per heavy atom. The van der Waals surface area contributed by atoms with Gasteiger partial charge in [0.15, 0.2) is 0 Å². The number of carbonyl (C=O) groups excluding carboxylic acids is 1. The zero-order valence-electron chi connectivity index (χ0n) is 12.7. The Morgan fingerprint density at radius 3 is 2.57 bits per heavy atom. The summed E-state index contributed by atoms with van der Waals surface area (Å²) >= 11 is 6.00. The van der Waals surface area contributed by atoms with Crippen LogP contribution in [0.2, 0.25) is 5.02 Å². The third-order valence-corrected chi connectivity index (χ3v) is 5.13. The van der Waals surface area contributed by atoms with Crippen LogP contribution in [0.5, 0.6) is 0 Å². The molecule has 0 aliphatic carbocycles. The van der Waals surface area contributed by atoms with Crippen LogP contribution in [0.4, 0.5) is 5.69 Å². The number of methoxy groups -OCH3 is 1. The van der Waals surface area contributed by atoms with E-state index in [-0.39, 0.29) is 15.5 Å². The highest BCUT2D eigenvalue weighted by Gasteiger charge is 2.21. The molecule has 0 aliphatic rings. The number of halogens is 1. The monoisotopic (exact) mass is 353 g/mol. The van der Waals surface area contributed by atoms with Gasteiger partial charge in [-0.05, 0) is 36.2 Å². The molecule has 0 atom stereocenters. The molecule has 0 fully saturated rings. The summed E-state index contributed by atoms with van der Waals surface area (Å²) in [7, 11) is -2.71. The topological polar surface area (TPSA) is 72.5 Å². The Balaban J connectivity index is 2.45. The fourth-order valence-electron chi connectivity index (χ4n) is 2.08. The number of hydrogen-bond donors (Lipinski definition) is 1. The van der Waals surface area contributed by atoms with Crippen molar-refractivity contribution < 1.29 is 17.9 Å². The van der Waals surface area contributed by atoms with Crippen LogP contribution in [0.15, 0.2) is 47.4 Å². The van der Waals surface area contributed by atoms with E-state index >= 15 is 0 Å². The average molecular weight is 354 g/mol. The molecule has 0 unspecified atom stereocenters. The summed E-state index contributed by atoms with van der Waals surface area (Å²) in [5, 5.41) is 0.0270. The molecule has 0 heterocycles. The lowest BCUT2D eigenvalue weighted by molar-refractivity contribution is 0.0600.